The summed E-state index contributed by atoms with van der Waals surface area (Å²) in [6.07, 6.45) is 0.760. The number of nitrogens with two attached hydrogens (primary N) is 1. The molecule has 0 spiro atoms. The van der Waals surface area contributed by atoms with E-state index < -0.39 is 12.1 Å². The van der Waals surface area contributed by atoms with Gasteiger partial charge in [-0.25, -0.2) is 4.39 Å². The highest BCUT2D eigenvalue weighted by atomic mass is 79.9. The van der Waals surface area contributed by atoms with Crippen molar-refractivity contribution in [3.8, 4) is 0 Å². The third-order valence-electron chi connectivity index (χ3n) is 2.79. The first-order valence-corrected chi connectivity index (χ1v) is 6.60. The minimum Gasteiger partial charge on any atom is -0.391 e. The molecular weight excluding hydrogens is 285 g/mol. The maximum atomic E-state index is 13.8. The Labute approximate surface area is 110 Å². The molecule has 0 saturated carbocycles. The van der Waals surface area contributed by atoms with Gasteiger partial charge in [-0.05, 0) is 40.8 Å². The van der Waals surface area contributed by atoms with E-state index in [9.17, 15) is 9.50 Å². The lowest BCUT2D eigenvalue weighted by Crippen LogP contribution is -2.27. The third kappa shape index (κ3) is 4.05. The molecule has 0 radical (unpaired) electrons. The lowest BCUT2D eigenvalue weighted by molar-refractivity contribution is 0.127. The zero-order valence-corrected chi connectivity index (χ0v) is 11.7. The Bertz CT molecular complexity index is 370. The molecule has 0 amide bonds. The van der Waals surface area contributed by atoms with Gasteiger partial charge in [-0.1, -0.05) is 26.0 Å². The van der Waals surface area contributed by atoms with Gasteiger partial charge in [0.05, 0.1) is 16.6 Å². The maximum absolute atomic E-state index is 13.8. The van der Waals surface area contributed by atoms with Crippen LogP contribution in [0, 0.1) is 11.7 Å². The smallest absolute Gasteiger partial charge is 0.142 e. The predicted octanol–water partition coefficient (Wildman–Crippen LogP) is 3.39. The van der Waals surface area contributed by atoms with Crippen LogP contribution >= 0.6 is 15.9 Å². The molecule has 2 atom stereocenters. The number of aliphatic hydroxyl groups excluding tert-OH is 1. The fourth-order valence-electron chi connectivity index (χ4n) is 1.67. The summed E-state index contributed by atoms with van der Waals surface area (Å²) in [6, 6.07) is 4.28. The van der Waals surface area contributed by atoms with Gasteiger partial charge in [0, 0.05) is 5.56 Å². The largest absolute Gasteiger partial charge is 0.391 e. The van der Waals surface area contributed by atoms with Gasteiger partial charge in [-0.2, -0.15) is 0 Å². The van der Waals surface area contributed by atoms with Gasteiger partial charge in [-0.3, -0.25) is 0 Å². The lowest BCUT2D eigenvalue weighted by atomic mass is 9.96. The second-order valence-corrected chi connectivity index (χ2v) is 5.56. The Morgan fingerprint density at radius 3 is 2.59 bits per heavy atom. The molecule has 0 bridgehead atoms. The number of rotatable bonds is 5. The minimum absolute atomic E-state index is 0.357. The predicted molar refractivity (Wildman–Crippen MR) is 71.1 cm³/mol. The van der Waals surface area contributed by atoms with Gasteiger partial charge >= 0.3 is 0 Å². The minimum atomic E-state index is -0.707. The van der Waals surface area contributed by atoms with E-state index in [1.165, 1.54) is 0 Å². The van der Waals surface area contributed by atoms with Crippen LogP contribution < -0.4 is 5.73 Å². The molecule has 17 heavy (non-hydrogen) atoms. The molecule has 0 aromatic heterocycles. The summed E-state index contributed by atoms with van der Waals surface area (Å²) in [4.78, 5) is 0. The zero-order chi connectivity index (χ0) is 13.0. The van der Waals surface area contributed by atoms with Crippen molar-refractivity contribution in [3.63, 3.8) is 0 Å². The molecule has 0 heterocycles. The van der Waals surface area contributed by atoms with E-state index in [1.807, 2.05) is 0 Å². The fourth-order valence-corrected chi connectivity index (χ4v) is 2.05. The van der Waals surface area contributed by atoms with Crippen LogP contribution in [-0.2, 0) is 0 Å². The molecule has 0 aliphatic rings. The highest BCUT2D eigenvalue weighted by Gasteiger charge is 2.21. The SMILES string of the molecule is CC(C)CC[C@H](O)[C@H](N)c1cccc(Br)c1F. The van der Waals surface area contributed by atoms with Crippen LogP contribution in [0.2, 0.25) is 0 Å². The van der Waals surface area contributed by atoms with Crippen LogP contribution in [0.25, 0.3) is 0 Å². The quantitative estimate of drug-likeness (QED) is 0.876. The molecule has 0 saturated heterocycles. The molecule has 0 aliphatic heterocycles. The second-order valence-electron chi connectivity index (χ2n) is 4.71. The summed E-state index contributed by atoms with van der Waals surface area (Å²) in [5.74, 6) is 0.118. The molecule has 3 N–H and O–H groups in total. The average Bonchev–Trinajstić information content (AvgIpc) is 2.28. The van der Waals surface area contributed by atoms with Crippen LogP contribution in [0.1, 0.15) is 38.3 Å². The van der Waals surface area contributed by atoms with Gasteiger partial charge in [0.2, 0.25) is 0 Å². The summed E-state index contributed by atoms with van der Waals surface area (Å²) in [5, 5.41) is 9.93. The topological polar surface area (TPSA) is 46.2 Å². The Morgan fingerprint density at radius 1 is 1.35 bits per heavy atom. The van der Waals surface area contributed by atoms with E-state index in [4.69, 9.17) is 5.73 Å². The first-order valence-electron chi connectivity index (χ1n) is 5.81. The van der Waals surface area contributed by atoms with Gasteiger partial charge in [0.15, 0.2) is 0 Å². The van der Waals surface area contributed by atoms with Crippen LogP contribution in [0.15, 0.2) is 22.7 Å². The molecule has 96 valence electrons. The van der Waals surface area contributed by atoms with Crippen LogP contribution in [0.3, 0.4) is 0 Å². The van der Waals surface area contributed by atoms with Crippen LogP contribution in [0.4, 0.5) is 4.39 Å². The van der Waals surface area contributed by atoms with Crippen LogP contribution in [0.5, 0.6) is 0 Å². The van der Waals surface area contributed by atoms with Crippen molar-refractivity contribution in [3.05, 3.63) is 34.1 Å². The monoisotopic (exact) mass is 303 g/mol. The molecular formula is C13H19BrFNO. The van der Waals surface area contributed by atoms with E-state index in [0.717, 1.165) is 6.42 Å². The highest BCUT2D eigenvalue weighted by molar-refractivity contribution is 9.10. The van der Waals surface area contributed by atoms with Crippen molar-refractivity contribution in [1.29, 1.82) is 0 Å². The molecule has 1 aromatic carbocycles. The van der Waals surface area contributed by atoms with E-state index in [2.05, 4.69) is 29.8 Å². The van der Waals surface area contributed by atoms with Gasteiger partial charge in [0.25, 0.3) is 0 Å². The molecule has 1 rings (SSSR count). The summed E-state index contributed by atoms with van der Waals surface area (Å²) >= 11 is 3.11. The number of hydrogen-bond donors (Lipinski definition) is 2. The molecule has 1 aromatic rings. The van der Waals surface area contributed by atoms with Gasteiger partial charge in [0.1, 0.15) is 5.82 Å². The number of benzene rings is 1. The Morgan fingerprint density at radius 2 is 2.00 bits per heavy atom. The summed E-state index contributed by atoms with van der Waals surface area (Å²) < 4.78 is 14.1. The molecule has 0 fully saturated rings. The first kappa shape index (κ1) is 14.6. The maximum Gasteiger partial charge on any atom is 0.142 e. The van der Waals surface area contributed by atoms with E-state index >= 15 is 0 Å². The Hall–Kier alpha value is -0.450. The second kappa shape index (κ2) is 6.47. The van der Waals surface area contributed by atoms with Crippen molar-refractivity contribution in [2.75, 3.05) is 0 Å². The van der Waals surface area contributed by atoms with E-state index in [1.54, 1.807) is 18.2 Å². The van der Waals surface area contributed by atoms with Gasteiger partial charge < -0.3 is 10.8 Å². The van der Waals surface area contributed by atoms with Crippen LogP contribution in [-0.4, -0.2) is 11.2 Å². The molecule has 0 aliphatic carbocycles. The summed E-state index contributed by atoms with van der Waals surface area (Å²) in [6.45, 7) is 4.16. The molecule has 0 unspecified atom stereocenters. The number of halogens is 2. The normalized spacial score (nSPS) is 15.0. The fraction of sp³-hybridized carbons (Fsp3) is 0.538. The van der Waals surface area contributed by atoms with E-state index in [0.29, 0.717) is 22.4 Å². The third-order valence-corrected chi connectivity index (χ3v) is 3.41. The highest BCUT2D eigenvalue weighted by Crippen LogP contribution is 2.26. The number of hydrogen-bond acceptors (Lipinski definition) is 2. The Kier molecular flexibility index (Phi) is 5.56. The van der Waals surface area contributed by atoms with Crippen molar-refractivity contribution >= 4 is 15.9 Å². The average molecular weight is 304 g/mol. The number of aliphatic hydroxyl groups is 1. The van der Waals surface area contributed by atoms with Crippen molar-refractivity contribution in [2.45, 2.75) is 38.8 Å². The Balaban J connectivity index is 2.74. The summed E-state index contributed by atoms with van der Waals surface area (Å²) in [7, 11) is 0. The lowest BCUT2D eigenvalue weighted by Gasteiger charge is -2.20. The van der Waals surface area contributed by atoms with E-state index in [-0.39, 0.29) is 5.82 Å². The van der Waals surface area contributed by atoms with Crippen molar-refractivity contribution in [1.82, 2.24) is 0 Å². The first-order chi connectivity index (χ1) is 7.93. The zero-order valence-electron chi connectivity index (χ0n) is 10.2. The summed E-state index contributed by atoms with van der Waals surface area (Å²) in [5.41, 5.74) is 6.24. The van der Waals surface area contributed by atoms with Crippen molar-refractivity contribution in [2.24, 2.45) is 11.7 Å². The molecule has 2 nitrogen and oxygen atoms in total. The standard InChI is InChI=1S/C13H19BrFNO/c1-8(2)6-7-11(17)13(16)9-4-3-5-10(14)12(9)15/h3-5,8,11,13,17H,6-7,16H2,1-2H3/t11-,13+/m0/s1. The van der Waals surface area contributed by atoms with Crippen molar-refractivity contribution < 1.29 is 9.50 Å². The van der Waals surface area contributed by atoms with Gasteiger partial charge in [-0.15, -0.1) is 0 Å². The molecule has 4 heteroatoms.